The van der Waals surface area contributed by atoms with Gasteiger partial charge in [0.25, 0.3) is 6.43 Å². The van der Waals surface area contributed by atoms with Crippen LogP contribution in [-0.4, -0.2) is 18.6 Å². The van der Waals surface area contributed by atoms with Gasteiger partial charge in [-0.25, -0.2) is 13.8 Å². The van der Waals surface area contributed by atoms with E-state index < -0.39 is 6.43 Å². The number of aryl methyl sites for hydroxylation is 1. The van der Waals surface area contributed by atoms with E-state index >= 15 is 0 Å². The van der Waals surface area contributed by atoms with Gasteiger partial charge in [-0.1, -0.05) is 0 Å². The molecule has 0 amide bonds. The van der Waals surface area contributed by atoms with E-state index in [0.717, 1.165) is 19.2 Å². The largest absolute Gasteiger partial charge is 0.448 e. The second-order valence-corrected chi connectivity index (χ2v) is 2.67. The molecule has 0 radical (unpaired) electrons. The summed E-state index contributed by atoms with van der Waals surface area (Å²) in [6.45, 7) is 0.826. The highest BCUT2D eigenvalue weighted by atomic mass is 19.3. The van der Waals surface area contributed by atoms with Crippen LogP contribution in [0.5, 0.6) is 0 Å². The number of alkyl halides is 2. The molecule has 0 saturated heterocycles. The van der Waals surface area contributed by atoms with E-state index in [4.69, 9.17) is 4.42 Å². The second kappa shape index (κ2) is 4.91. The van der Waals surface area contributed by atoms with Crippen molar-refractivity contribution in [1.82, 2.24) is 10.3 Å². The Balaban J connectivity index is 2.40. The van der Waals surface area contributed by atoms with Crippen molar-refractivity contribution in [3.63, 3.8) is 0 Å². The molecule has 3 nitrogen and oxygen atoms in total. The molecule has 0 unspecified atom stereocenters. The summed E-state index contributed by atoms with van der Waals surface area (Å²) in [6, 6.07) is 0. The first-order valence-corrected chi connectivity index (χ1v) is 4.11. The number of nitrogens with one attached hydrogen (secondary N) is 1. The Labute approximate surface area is 75.2 Å². The maximum atomic E-state index is 12.0. The summed E-state index contributed by atoms with van der Waals surface area (Å²) < 4.78 is 28.9. The zero-order valence-corrected chi connectivity index (χ0v) is 7.39. The summed E-state index contributed by atoms with van der Waals surface area (Å²) in [5, 5.41) is 2.95. The summed E-state index contributed by atoms with van der Waals surface area (Å²) >= 11 is 0. The van der Waals surface area contributed by atoms with Gasteiger partial charge in [0.15, 0.2) is 5.89 Å². The van der Waals surface area contributed by atoms with Gasteiger partial charge in [-0.05, 0) is 20.0 Å². The number of hydrogen-bond donors (Lipinski definition) is 1. The van der Waals surface area contributed by atoms with Crippen LogP contribution in [0.3, 0.4) is 0 Å². The lowest BCUT2D eigenvalue weighted by molar-refractivity contribution is 0.146. The first kappa shape index (κ1) is 10.1. The number of oxazole rings is 1. The van der Waals surface area contributed by atoms with Gasteiger partial charge < -0.3 is 9.73 Å². The van der Waals surface area contributed by atoms with Gasteiger partial charge >= 0.3 is 0 Å². The molecule has 74 valence electrons. The second-order valence-electron chi connectivity index (χ2n) is 2.67. The Morgan fingerprint density at radius 2 is 2.38 bits per heavy atom. The van der Waals surface area contributed by atoms with Crippen LogP contribution in [0.25, 0.3) is 0 Å². The summed E-state index contributed by atoms with van der Waals surface area (Å²) in [5.41, 5.74) is -0.278. The third-order valence-electron chi connectivity index (χ3n) is 1.61. The molecule has 0 spiro atoms. The third-order valence-corrected chi connectivity index (χ3v) is 1.61. The van der Waals surface area contributed by atoms with E-state index in [1.165, 1.54) is 0 Å². The van der Waals surface area contributed by atoms with Crippen molar-refractivity contribution in [1.29, 1.82) is 0 Å². The number of aromatic nitrogens is 1. The molecule has 1 aromatic rings. The number of hydrogen-bond acceptors (Lipinski definition) is 3. The van der Waals surface area contributed by atoms with E-state index in [-0.39, 0.29) is 5.69 Å². The number of halogens is 2. The van der Waals surface area contributed by atoms with Crippen LogP contribution in [0.2, 0.25) is 0 Å². The van der Waals surface area contributed by atoms with E-state index in [0.29, 0.717) is 12.3 Å². The maximum Gasteiger partial charge on any atom is 0.283 e. The zero-order valence-electron chi connectivity index (χ0n) is 7.39. The molecule has 5 heteroatoms. The molecule has 0 aliphatic carbocycles. The normalized spacial score (nSPS) is 11.1. The van der Waals surface area contributed by atoms with E-state index in [1.807, 2.05) is 7.05 Å². The smallest absolute Gasteiger partial charge is 0.283 e. The van der Waals surface area contributed by atoms with Crippen molar-refractivity contribution in [2.75, 3.05) is 13.6 Å². The Hall–Kier alpha value is -0.970. The maximum absolute atomic E-state index is 12.0. The molecule has 1 rings (SSSR count). The van der Waals surface area contributed by atoms with Crippen LogP contribution in [-0.2, 0) is 6.42 Å². The summed E-state index contributed by atoms with van der Waals surface area (Å²) in [4.78, 5) is 3.64. The summed E-state index contributed by atoms with van der Waals surface area (Å²) in [5.74, 6) is 0.380. The fourth-order valence-corrected chi connectivity index (χ4v) is 0.957. The van der Waals surface area contributed by atoms with Crippen molar-refractivity contribution in [2.45, 2.75) is 19.3 Å². The average Bonchev–Trinajstić information content (AvgIpc) is 2.53. The molecule has 0 atom stereocenters. The average molecular weight is 190 g/mol. The Kier molecular flexibility index (Phi) is 3.82. The van der Waals surface area contributed by atoms with Gasteiger partial charge in [-0.3, -0.25) is 0 Å². The van der Waals surface area contributed by atoms with Crippen molar-refractivity contribution in [2.24, 2.45) is 0 Å². The lowest BCUT2D eigenvalue weighted by atomic mass is 10.3. The van der Waals surface area contributed by atoms with Crippen LogP contribution < -0.4 is 5.32 Å². The van der Waals surface area contributed by atoms with Crippen LogP contribution in [0.15, 0.2) is 10.7 Å². The van der Waals surface area contributed by atoms with Gasteiger partial charge in [-0.2, -0.15) is 0 Å². The minimum absolute atomic E-state index is 0.278. The Morgan fingerprint density at radius 3 is 2.92 bits per heavy atom. The molecule has 0 aliphatic heterocycles. The van der Waals surface area contributed by atoms with Crippen LogP contribution in [0.1, 0.15) is 24.4 Å². The van der Waals surface area contributed by atoms with Gasteiger partial charge in [-0.15, -0.1) is 0 Å². The molecule has 1 aromatic heterocycles. The van der Waals surface area contributed by atoms with Gasteiger partial charge in [0.05, 0.1) is 0 Å². The standard InChI is InChI=1S/C8H12F2N2O/c1-11-4-2-3-7-12-6(5-13-7)8(9)10/h5,8,11H,2-4H2,1H3. The number of rotatable bonds is 5. The van der Waals surface area contributed by atoms with E-state index in [2.05, 4.69) is 10.3 Å². The van der Waals surface area contributed by atoms with E-state index in [9.17, 15) is 8.78 Å². The predicted molar refractivity (Wildman–Crippen MR) is 43.7 cm³/mol. The highest BCUT2D eigenvalue weighted by molar-refractivity contribution is 4.97. The summed E-state index contributed by atoms with van der Waals surface area (Å²) in [6.07, 6.45) is -0.103. The summed E-state index contributed by atoms with van der Waals surface area (Å²) in [7, 11) is 1.83. The first-order valence-electron chi connectivity index (χ1n) is 4.11. The fraction of sp³-hybridized carbons (Fsp3) is 0.625. The quantitative estimate of drug-likeness (QED) is 0.719. The molecule has 0 bridgehead atoms. The minimum atomic E-state index is -2.54. The fourth-order valence-electron chi connectivity index (χ4n) is 0.957. The van der Waals surface area contributed by atoms with Crippen molar-refractivity contribution >= 4 is 0 Å². The Bertz CT molecular complexity index is 250. The highest BCUT2D eigenvalue weighted by Gasteiger charge is 2.12. The van der Waals surface area contributed by atoms with Crippen LogP contribution in [0.4, 0.5) is 8.78 Å². The third kappa shape index (κ3) is 3.10. The topological polar surface area (TPSA) is 38.1 Å². The molecule has 0 aromatic carbocycles. The SMILES string of the molecule is CNCCCc1nc(C(F)F)co1. The molecule has 0 aliphatic rings. The first-order chi connectivity index (χ1) is 6.24. The van der Waals surface area contributed by atoms with Gasteiger partial charge in [0, 0.05) is 6.42 Å². The molecular formula is C8H12F2N2O. The molecule has 0 fully saturated rings. The predicted octanol–water partition coefficient (Wildman–Crippen LogP) is 1.76. The highest BCUT2D eigenvalue weighted by Crippen LogP contribution is 2.17. The molecule has 0 saturated carbocycles. The molecule has 13 heavy (non-hydrogen) atoms. The lowest BCUT2D eigenvalue weighted by Crippen LogP contribution is -2.08. The van der Waals surface area contributed by atoms with Gasteiger partial charge in [0.1, 0.15) is 12.0 Å². The monoisotopic (exact) mass is 190 g/mol. The number of nitrogens with zero attached hydrogens (tertiary/aromatic N) is 1. The minimum Gasteiger partial charge on any atom is -0.448 e. The van der Waals surface area contributed by atoms with Crippen LogP contribution >= 0.6 is 0 Å². The van der Waals surface area contributed by atoms with Gasteiger partial charge in [0.2, 0.25) is 0 Å². The molecule has 1 N–H and O–H groups in total. The zero-order chi connectivity index (χ0) is 9.68. The van der Waals surface area contributed by atoms with Crippen LogP contribution in [0, 0.1) is 0 Å². The molecular weight excluding hydrogens is 178 g/mol. The van der Waals surface area contributed by atoms with Crippen molar-refractivity contribution < 1.29 is 13.2 Å². The molecule has 1 heterocycles. The lowest BCUT2D eigenvalue weighted by Gasteiger charge is -1.94. The Morgan fingerprint density at radius 1 is 1.62 bits per heavy atom. The van der Waals surface area contributed by atoms with Crippen molar-refractivity contribution in [3.05, 3.63) is 17.8 Å². The van der Waals surface area contributed by atoms with E-state index in [1.54, 1.807) is 0 Å². The van der Waals surface area contributed by atoms with Crippen molar-refractivity contribution in [3.8, 4) is 0 Å².